The van der Waals surface area contributed by atoms with Crippen LogP contribution in [-0.2, 0) is 114 Å². The Hall–Kier alpha value is -6.60. The van der Waals surface area contributed by atoms with Crippen molar-refractivity contribution in [1.82, 2.24) is 16.0 Å². The van der Waals surface area contributed by atoms with Crippen molar-refractivity contribution in [1.29, 1.82) is 0 Å². The first-order valence-corrected chi connectivity index (χ1v) is 31.1. The zero-order valence-corrected chi connectivity index (χ0v) is 54.1. The standard InChI is InChI=1S/3C20H33NO9/c3*1-5-8-14(23)27-11-13-18(29-15(24)9-6-2)19(30-16(25)10-7-3)17(20(26)28-13)21-12(4)22/h3*13,17-20,26H,5-11H2,1-4H3,(H,21,22)/t13-,17+,18-,19-,20?;13-,17-,18+,19-,20?;13-,17-,18-,19-,20?/m000/s1. The molecule has 0 aromatic heterocycles. The number of amides is 3. The summed E-state index contributed by atoms with van der Waals surface area (Å²) in [5.74, 6) is -6.34. The normalized spacial score (nSPS) is 25.8. The first kappa shape index (κ1) is 81.4. The lowest BCUT2D eigenvalue weighted by molar-refractivity contribution is -0.265. The van der Waals surface area contributed by atoms with Crippen LogP contribution < -0.4 is 16.0 Å². The second-order valence-corrected chi connectivity index (χ2v) is 21.4. The average molecular weight is 1290 g/mol. The molecule has 0 aliphatic carbocycles. The fourth-order valence-electron chi connectivity index (χ4n) is 9.02. The van der Waals surface area contributed by atoms with Crippen LogP contribution in [0.5, 0.6) is 0 Å². The Morgan fingerprint density at radius 1 is 0.289 bits per heavy atom. The molecule has 0 bridgehead atoms. The van der Waals surface area contributed by atoms with E-state index in [-0.39, 0.29) is 77.6 Å². The first-order chi connectivity index (χ1) is 42.7. The number of nitrogens with one attached hydrogen (secondary N) is 3. The van der Waals surface area contributed by atoms with Crippen LogP contribution in [-0.4, -0.2) is 199 Å². The molecule has 3 aliphatic rings. The molecule has 30 nitrogen and oxygen atoms in total. The van der Waals surface area contributed by atoms with Crippen LogP contribution in [0, 0.1) is 0 Å². The molecule has 15 atom stereocenters. The molecular weight excluding hydrogens is 1190 g/mol. The largest absolute Gasteiger partial charge is 0.463 e. The highest BCUT2D eigenvalue weighted by Gasteiger charge is 2.53. The number of aliphatic hydroxyl groups is 3. The van der Waals surface area contributed by atoms with Crippen molar-refractivity contribution < 1.29 is 130 Å². The minimum Gasteiger partial charge on any atom is -0.463 e. The minimum absolute atomic E-state index is 0.103. The molecule has 3 aliphatic heterocycles. The highest BCUT2D eigenvalue weighted by Crippen LogP contribution is 2.30. The summed E-state index contributed by atoms with van der Waals surface area (Å²) in [7, 11) is 0. The molecule has 3 unspecified atom stereocenters. The van der Waals surface area contributed by atoms with Gasteiger partial charge in [-0.25, -0.2) is 0 Å². The number of esters is 9. The number of hydrogen-bond acceptors (Lipinski definition) is 27. The van der Waals surface area contributed by atoms with Gasteiger partial charge in [0, 0.05) is 78.6 Å². The van der Waals surface area contributed by atoms with E-state index in [0.717, 1.165) is 0 Å². The third kappa shape index (κ3) is 30.5. The van der Waals surface area contributed by atoms with Gasteiger partial charge in [0.2, 0.25) is 17.7 Å². The van der Waals surface area contributed by atoms with Crippen molar-refractivity contribution in [2.75, 3.05) is 19.8 Å². The van der Waals surface area contributed by atoms with E-state index >= 15 is 0 Å². The number of carbonyl (C=O) groups excluding carboxylic acids is 12. The number of carbonyl (C=O) groups is 12. The molecular formula is C60H99N3O27. The van der Waals surface area contributed by atoms with Crippen LogP contribution >= 0.6 is 0 Å². The first-order valence-electron chi connectivity index (χ1n) is 31.1. The molecule has 0 saturated carbocycles. The van der Waals surface area contributed by atoms with E-state index in [4.69, 9.17) is 56.8 Å². The fraction of sp³-hybridized carbons (Fsp3) is 0.800. The number of aliphatic hydroxyl groups excluding tert-OH is 3. The molecule has 30 heteroatoms. The van der Waals surface area contributed by atoms with Gasteiger partial charge >= 0.3 is 53.7 Å². The van der Waals surface area contributed by atoms with Gasteiger partial charge in [-0.1, -0.05) is 62.3 Å². The van der Waals surface area contributed by atoms with Crippen molar-refractivity contribution >= 4 is 71.4 Å². The fourth-order valence-corrected chi connectivity index (χ4v) is 9.02. The molecule has 0 radical (unpaired) electrons. The van der Waals surface area contributed by atoms with Gasteiger partial charge in [-0.3, -0.25) is 57.5 Å². The van der Waals surface area contributed by atoms with E-state index in [1.165, 1.54) is 20.8 Å². The van der Waals surface area contributed by atoms with E-state index in [0.29, 0.717) is 57.8 Å². The smallest absolute Gasteiger partial charge is 0.306 e. The Bertz CT molecular complexity index is 2030. The summed E-state index contributed by atoms with van der Waals surface area (Å²) in [6.07, 6.45) is -8.98. The van der Waals surface area contributed by atoms with Gasteiger partial charge in [0.05, 0.1) is 0 Å². The summed E-state index contributed by atoms with van der Waals surface area (Å²) >= 11 is 0. The van der Waals surface area contributed by atoms with Crippen molar-refractivity contribution in [3.05, 3.63) is 0 Å². The van der Waals surface area contributed by atoms with Gasteiger partial charge in [-0.15, -0.1) is 0 Å². The van der Waals surface area contributed by atoms with E-state index in [1.807, 2.05) is 20.8 Å². The molecule has 0 aromatic rings. The Morgan fingerprint density at radius 2 is 0.456 bits per heavy atom. The molecule has 0 aromatic carbocycles. The van der Waals surface area contributed by atoms with Crippen LogP contribution in [0.1, 0.15) is 199 Å². The van der Waals surface area contributed by atoms with Crippen LogP contribution in [0.15, 0.2) is 0 Å². The van der Waals surface area contributed by atoms with E-state index in [1.54, 1.807) is 41.5 Å². The van der Waals surface area contributed by atoms with E-state index < -0.39 is 163 Å². The van der Waals surface area contributed by atoms with Crippen molar-refractivity contribution in [2.24, 2.45) is 0 Å². The van der Waals surface area contributed by atoms with E-state index in [9.17, 15) is 72.9 Å². The Balaban J connectivity index is 0.000000675. The zero-order valence-electron chi connectivity index (χ0n) is 54.1. The Morgan fingerprint density at radius 3 is 0.622 bits per heavy atom. The van der Waals surface area contributed by atoms with Gasteiger partial charge in [0.15, 0.2) is 55.5 Å². The lowest BCUT2D eigenvalue weighted by Gasteiger charge is -2.43. The molecule has 0 spiro atoms. The second kappa shape index (κ2) is 44.8. The monoisotopic (exact) mass is 1290 g/mol. The minimum atomic E-state index is -1.57. The number of ether oxygens (including phenoxy) is 12. The van der Waals surface area contributed by atoms with Gasteiger partial charge in [0.1, 0.15) is 56.3 Å². The highest BCUT2D eigenvalue weighted by atomic mass is 16.7. The molecule has 516 valence electrons. The maximum absolute atomic E-state index is 12.2. The molecule has 90 heavy (non-hydrogen) atoms. The van der Waals surface area contributed by atoms with Crippen molar-refractivity contribution in [2.45, 2.75) is 291 Å². The molecule has 3 amide bonds. The van der Waals surface area contributed by atoms with Crippen molar-refractivity contribution in [3.8, 4) is 0 Å². The number of hydrogen-bond donors (Lipinski definition) is 6. The van der Waals surface area contributed by atoms with Gasteiger partial charge in [0.25, 0.3) is 0 Å². The SMILES string of the molecule is CCCC(=O)OC[C@@H]1OC(O)[C@@H](NC(C)=O)[C@H](OC(=O)CCC)[C@@H]1OC(=O)CCC.CCCC(=O)OC[C@@H]1OC(O)[C@@H](NC(C)=O)[C@H](OC(=O)CCC)[C@H]1OC(=O)CCC.CCCC(=O)OC[C@@H]1OC(O)[C@H](NC(C)=O)[C@H](OC(=O)CCC)[C@H]1OC(=O)CCC. The topological polar surface area (TPSA) is 412 Å². The highest BCUT2D eigenvalue weighted by molar-refractivity contribution is 5.76. The molecule has 3 fully saturated rings. The van der Waals surface area contributed by atoms with Crippen molar-refractivity contribution in [3.63, 3.8) is 0 Å². The third-order valence-corrected chi connectivity index (χ3v) is 13.0. The predicted octanol–water partition coefficient (Wildman–Crippen LogP) is 2.93. The quantitative estimate of drug-likeness (QED) is 0.0406. The maximum Gasteiger partial charge on any atom is 0.306 e. The molecule has 3 saturated heterocycles. The summed E-state index contributed by atoms with van der Waals surface area (Å²) in [6.45, 7) is 19.0. The van der Waals surface area contributed by atoms with Crippen LogP contribution in [0.2, 0.25) is 0 Å². The average Bonchev–Trinajstić information content (AvgIpc) is 1.12. The van der Waals surface area contributed by atoms with Gasteiger partial charge < -0.3 is 88.1 Å². The van der Waals surface area contributed by atoms with Crippen LogP contribution in [0.25, 0.3) is 0 Å². The second-order valence-electron chi connectivity index (χ2n) is 21.4. The van der Waals surface area contributed by atoms with E-state index in [2.05, 4.69) is 16.0 Å². The Labute approximate surface area is 526 Å². The third-order valence-electron chi connectivity index (χ3n) is 13.0. The lowest BCUT2D eigenvalue weighted by atomic mass is 9.96. The summed E-state index contributed by atoms with van der Waals surface area (Å²) in [4.78, 5) is 143. The van der Waals surface area contributed by atoms with Crippen LogP contribution in [0.4, 0.5) is 0 Å². The Kier molecular flexibility index (Phi) is 40.5. The molecule has 3 rings (SSSR count). The van der Waals surface area contributed by atoms with Crippen LogP contribution in [0.3, 0.4) is 0 Å². The summed E-state index contributed by atoms with van der Waals surface area (Å²) in [5, 5.41) is 38.7. The molecule has 3 heterocycles. The molecule has 6 N–H and O–H groups in total. The number of rotatable bonds is 33. The summed E-state index contributed by atoms with van der Waals surface area (Å²) in [5.41, 5.74) is 0. The van der Waals surface area contributed by atoms with Gasteiger partial charge in [-0.2, -0.15) is 0 Å². The van der Waals surface area contributed by atoms with Gasteiger partial charge in [-0.05, 0) is 57.8 Å². The predicted molar refractivity (Wildman–Crippen MR) is 312 cm³/mol. The summed E-state index contributed by atoms with van der Waals surface area (Å²) in [6, 6.07) is -3.49. The maximum atomic E-state index is 12.2. The summed E-state index contributed by atoms with van der Waals surface area (Å²) < 4.78 is 64.9. The lowest BCUT2D eigenvalue weighted by Crippen LogP contribution is -2.66. The zero-order chi connectivity index (χ0) is 68.0.